The minimum absolute atomic E-state index is 0.0514. The number of ether oxygens (including phenoxy) is 2. The number of amides is 1. The molecular weight excluding hydrogens is 335 g/mol. The van der Waals surface area contributed by atoms with Gasteiger partial charge in [-0.3, -0.25) is 4.79 Å². The third-order valence-corrected chi connectivity index (χ3v) is 3.58. The molecule has 1 atom stereocenters. The molecule has 4 nitrogen and oxygen atoms in total. The Hall–Kier alpha value is -1.76. The highest BCUT2D eigenvalue weighted by molar-refractivity contribution is 5.97. The molecule has 0 unspecified atom stereocenters. The van der Waals surface area contributed by atoms with Crippen LogP contribution in [-0.4, -0.2) is 24.7 Å². The number of hydrogen-bond donors (Lipinski definition) is 1. The van der Waals surface area contributed by atoms with E-state index in [9.17, 15) is 18.0 Å². The van der Waals surface area contributed by atoms with Crippen LogP contribution in [0.3, 0.4) is 0 Å². The van der Waals surface area contributed by atoms with Gasteiger partial charge in [-0.15, -0.1) is 0 Å². The normalized spacial score (nSPS) is 14.3. The molecule has 0 bridgehead atoms. The molecule has 0 aromatic heterocycles. The van der Waals surface area contributed by atoms with Gasteiger partial charge in [-0.2, -0.15) is 13.2 Å². The van der Waals surface area contributed by atoms with Crippen LogP contribution in [0.2, 0.25) is 0 Å². The van der Waals surface area contributed by atoms with Crippen LogP contribution in [0.5, 0.6) is 5.75 Å². The van der Waals surface area contributed by atoms with Gasteiger partial charge in [-0.05, 0) is 51.3 Å². The molecule has 0 saturated carbocycles. The van der Waals surface area contributed by atoms with Crippen LogP contribution >= 0.6 is 0 Å². The Kier molecular flexibility index (Phi) is 7.29. The van der Waals surface area contributed by atoms with Gasteiger partial charge in [-0.25, -0.2) is 0 Å². The second-order valence-electron chi connectivity index (χ2n) is 6.36. The van der Waals surface area contributed by atoms with Crippen LogP contribution in [0.1, 0.15) is 46.6 Å². The van der Waals surface area contributed by atoms with E-state index in [1.165, 1.54) is 12.1 Å². The highest BCUT2D eigenvalue weighted by Gasteiger charge is 2.37. The Morgan fingerprint density at radius 2 is 1.84 bits per heavy atom. The zero-order valence-corrected chi connectivity index (χ0v) is 15.3. The summed E-state index contributed by atoms with van der Waals surface area (Å²) in [4.78, 5) is 12.6. The lowest BCUT2D eigenvalue weighted by molar-refractivity contribution is -0.141. The summed E-state index contributed by atoms with van der Waals surface area (Å²) in [6.07, 6.45) is -4.12. The molecule has 0 aliphatic carbocycles. The Morgan fingerprint density at radius 3 is 2.32 bits per heavy atom. The molecule has 0 saturated heterocycles. The summed E-state index contributed by atoms with van der Waals surface area (Å²) >= 11 is 0. The molecule has 1 rings (SSSR count). The van der Waals surface area contributed by atoms with Gasteiger partial charge >= 0.3 is 6.18 Å². The Bertz CT molecular complexity index is 587. The lowest BCUT2D eigenvalue weighted by Gasteiger charge is -2.30. The van der Waals surface area contributed by atoms with Gasteiger partial charge in [-0.1, -0.05) is 13.8 Å². The fourth-order valence-electron chi connectivity index (χ4n) is 2.69. The number of rotatable bonds is 8. The van der Waals surface area contributed by atoms with Crippen molar-refractivity contribution >= 4 is 11.6 Å². The van der Waals surface area contributed by atoms with E-state index in [2.05, 4.69) is 5.32 Å². The summed E-state index contributed by atoms with van der Waals surface area (Å²) in [5.41, 5.74) is -1.98. The van der Waals surface area contributed by atoms with Gasteiger partial charge < -0.3 is 14.8 Å². The first kappa shape index (κ1) is 21.3. The molecular formula is C18H26F3NO3. The Morgan fingerprint density at radius 1 is 1.20 bits per heavy atom. The van der Waals surface area contributed by atoms with Crippen molar-refractivity contribution in [2.75, 3.05) is 18.5 Å². The average molecular weight is 361 g/mol. The van der Waals surface area contributed by atoms with E-state index in [1.807, 2.05) is 13.8 Å². The maximum Gasteiger partial charge on any atom is 0.420 e. The fourth-order valence-corrected chi connectivity index (χ4v) is 2.69. The Labute approximate surface area is 146 Å². The summed E-state index contributed by atoms with van der Waals surface area (Å²) in [6, 6.07) is 3.48. The molecule has 1 aromatic carbocycles. The molecule has 1 aromatic rings. The first-order valence-corrected chi connectivity index (χ1v) is 8.33. The third kappa shape index (κ3) is 5.92. The summed E-state index contributed by atoms with van der Waals surface area (Å²) < 4.78 is 50.2. The van der Waals surface area contributed by atoms with Crippen LogP contribution in [-0.2, 0) is 15.7 Å². The van der Waals surface area contributed by atoms with Crippen molar-refractivity contribution in [3.63, 3.8) is 0 Å². The van der Waals surface area contributed by atoms with Crippen LogP contribution < -0.4 is 10.1 Å². The zero-order chi connectivity index (χ0) is 19.3. The van der Waals surface area contributed by atoms with E-state index in [1.54, 1.807) is 20.8 Å². The molecule has 7 heteroatoms. The summed E-state index contributed by atoms with van der Waals surface area (Å²) in [5, 5.41) is 2.54. The molecule has 0 aliphatic heterocycles. The second kappa shape index (κ2) is 8.56. The lowest BCUT2D eigenvalue weighted by Crippen LogP contribution is -2.44. The van der Waals surface area contributed by atoms with E-state index in [4.69, 9.17) is 9.47 Å². The predicted octanol–water partition coefficient (Wildman–Crippen LogP) is 4.88. The molecule has 142 valence electrons. The first-order valence-electron chi connectivity index (χ1n) is 8.33. The van der Waals surface area contributed by atoms with Crippen molar-refractivity contribution in [2.45, 2.75) is 52.8 Å². The van der Waals surface area contributed by atoms with Crippen molar-refractivity contribution in [3.05, 3.63) is 23.8 Å². The summed E-state index contributed by atoms with van der Waals surface area (Å²) in [7, 11) is 0. The van der Waals surface area contributed by atoms with Gasteiger partial charge in [0.15, 0.2) is 0 Å². The van der Waals surface area contributed by atoms with Crippen molar-refractivity contribution in [1.82, 2.24) is 0 Å². The standard InChI is InChI=1S/C18H26F3NO3/c1-6-24-15-9-8-13(10-14(15)18(19,20)21)22-16(23)17(5,25-7-2)11-12(3)4/h8-10,12H,6-7,11H2,1-5H3,(H,22,23)/t17-/m1/s1. The minimum Gasteiger partial charge on any atom is -0.493 e. The molecule has 25 heavy (non-hydrogen) atoms. The van der Waals surface area contributed by atoms with Crippen LogP contribution in [0, 0.1) is 5.92 Å². The van der Waals surface area contributed by atoms with Crippen molar-refractivity contribution in [1.29, 1.82) is 0 Å². The number of alkyl halides is 3. The molecule has 0 aliphatic rings. The van der Waals surface area contributed by atoms with Crippen molar-refractivity contribution < 1.29 is 27.4 Å². The van der Waals surface area contributed by atoms with E-state index >= 15 is 0 Å². The largest absolute Gasteiger partial charge is 0.493 e. The molecule has 1 amide bonds. The molecule has 1 N–H and O–H groups in total. The van der Waals surface area contributed by atoms with E-state index in [0.29, 0.717) is 13.0 Å². The number of benzene rings is 1. The third-order valence-electron chi connectivity index (χ3n) is 3.58. The number of nitrogens with one attached hydrogen (secondary N) is 1. The van der Waals surface area contributed by atoms with E-state index < -0.39 is 23.2 Å². The lowest BCUT2D eigenvalue weighted by atomic mass is 9.93. The van der Waals surface area contributed by atoms with E-state index in [-0.39, 0.29) is 24.0 Å². The van der Waals surface area contributed by atoms with Gasteiger partial charge in [0.1, 0.15) is 11.4 Å². The summed E-state index contributed by atoms with van der Waals surface area (Å²) in [5.74, 6) is -0.545. The number of carbonyl (C=O) groups excluding carboxylic acids is 1. The fraction of sp³-hybridized carbons (Fsp3) is 0.611. The topological polar surface area (TPSA) is 47.6 Å². The molecule has 0 heterocycles. The predicted molar refractivity (Wildman–Crippen MR) is 90.7 cm³/mol. The zero-order valence-electron chi connectivity index (χ0n) is 15.3. The Balaban J connectivity index is 3.10. The number of halogens is 3. The number of carbonyl (C=O) groups is 1. The van der Waals surface area contributed by atoms with Gasteiger partial charge in [0, 0.05) is 12.3 Å². The first-order chi connectivity index (χ1) is 11.5. The van der Waals surface area contributed by atoms with Gasteiger partial charge in [0.05, 0.1) is 12.2 Å². The highest BCUT2D eigenvalue weighted by atomic mass is 19.4. The van der Waals surface area contributed by atoms with Crippen LogP contribution in [0.15, 0.2) is 18.2 Å². The second-order valence-corrected chi connectivity index (χ2v) is 6.36. The van der Waals surface area contributed by atoms with Crippen LogP contribution in [0.4, 0.5) is 18.9 Å². The van der Waals surface area contributed by atoms with Crippen molar-refractivity contribution in [2.24, 2.45) is 5.92 Å². The monoisotopic (exact) mass is 361 g/mol. The molecule has 0 fully saturated rings. The average Bonchev–Trinajstić information content (AvgIpc) is 2.47. The highest BCUT2D eigenvalue weighted by Crippen LogP contribution is 2.38. The van der Waals surface area contributed by atoms with Crippen LogP contribution in [0.25, 0.3) is 0 Å². The number of hydrogen-bond acceptors (Lipinski definition) is 3. The molecule has 0 spiro atoms. The molecule has 0 radical (unpaired) electrons. The van der Waals surface area contributed by atoms with Crippen molar-refractivity contribution in [3.8, 4) is 5.75 Å². The van der Waals surface area contributed by atoms with E-state index in [0.717, 1.165) is 6.07 Å². The minimum atomic E-state index is -4.58. The van der Waals surface area contributed by atoms with Gasteiger partial charge in [0.25, 0.3) is 5.91 Å². The maximum absolute atomic E-state index is 13.2. The smallest absolute Gasteiger partial charge is 0.420 e. The number of anilines is 1. The van der Waals surface area contributed by atoms with Gasteiger partial charge in [0.2, 0.25) is 0 Å². The quantitative estimate of drug-likeness (QED) is 0.718. The SMILES string of the molecule is CCOc1ccc(NC(=O)[C@@](C)(CC(C)C)OCC)cc1C(F)(F)F. The maximum atomic E-state index is 13.2. The summed E-state index contributed by atoms with van der Waals surface area (Å²) in [6.45, 7) is 9.36.